The molecule has 0 aliphatic heterocycles. The van der Waals surface area contributed by atoms with Crippen LogP contribution in [0.15, 0.2) is 12.4 Å². The lowest BCUT2D eigenvalue weighted by Crippen LogP contribution is -2.32. The van der Waals surface area contributed by atoms with E-state index in [1.807, 2.05) is 0 Å². The molecule has 1 N–H and O–H groups in total. The highest BCUT2D eigenvalue weighted by Gasteiger charge is 2.15. The van der Waals surface area contributed by atoms with Crippen LogP contribution in [0.4, 0.5) is 9.18 Å². The summed E-state index contributed by atoms with van der Waals surface area (Å²) in [5.41, 5.74) is -0.548. The van der Waals surface area contributed by atoms with Crippen molar-refractivity contribution in [2.45, 2.75) is 32.9 Å². The summed E-state index contributed by atoms with van der Waals surface area (Å²) in [6, 6.07) is 0. The summed E-state index contributed by atoms with van der Waals surface area (Å²) in [4.78, 5) is 18.6. The molecule has 0 saturated heterocycles. The van der Waals surface area contributed by atoms with Crippen molar-refractivity contribution < 1.29 is 13.9 Å². The zero-order valence-electron chi connectivity index (χ0n) is 9.45. The number of amides is 1. The van der Waals surface area contributed by atoms with Crippen LogP contribution in [0.3, 0.4) is 0 Å². The van der Waals surface area contributed by atoms with Gasteiger partial charge >= 0.3 is 6.09 Å². The van der Waals surface area contributed by atoms with Crippen LogP contribution in [0.5, 0.6) is 0 Å². The van der Waals surface area contributed by atoms with E-state index in [9.17, 15) is 9.18 Å². The Morgan fingerprint density at radius 2 is 2.00 bits per heavy atom. The molecule has 0 fully saturated rings. The lowest BCUT2D eigenvalue weighted by Gasteiger charge is -2.19. The van der Waals surface area contributed by atoms with Crippen molar-refractivity contribution in [2.24, 2.45) is 0 Å². The molecule has 88 valence electrons. The summed E-state index contributed by atoms with van der Waals surface area (Å²) < 4.78 is 17.5. The van der Waals surface area contributed by atoms with Crippen molar-refractivity contribution in [3.8, 4) is 0 Å². The highest BCUT2D eigenvalue weighted by molar-refractivity contribution is 5.67. The second kappa shape index (κ2) is 4.87. The van der Waals surface area contributed by atoms with Crippen molar-refractivity contribution in [1.82, 2.24) is 15.3 Å². The summed E-state index contributed by atoms with van der Waals surface area (Å²) in [7, 11) is 0. The molecule has 0 aliphatic rings. The fourth-order valence-electron chi connectivity index (χ4n) is 0.896. The van der Waals surface area contributed by atoms with Gasteiger partial charge in [0.15, 0.2) is 5.82 Å². The molecule has 1 amide bonds. The van der Waals surface area contributed by atoms with Crippen LogP contribution in [0.2, 0.25) is 0 Å². The van der Waals surface area contributed by atoms with Crippen LogP contribution >= 0.6 is 0 Å². The first kappa shape index (κ1) is 12.4. The van der Waals surface area contributed by atoms with E-state index in [1.54, 1.807) is 20.8 Å². The molecular weight excluding hydrogens is 213 g/mol. The van der Waals surface area contributed by atoms with E-state index in [-0.39, 0.29) is 6.54 Å². The number of halogens is 1. The number of alkyl carbamates (subject to hydrolysis) is 1. The maximum absolute atomic E-state index is 12.5. The fraction of sp³-hybridized carbons (Fsp3) is 0.500. The lowest BCUT2D eigenvalue weighted by molar-refractivity contribution is 0.0522. The van der Waals surface area contributed by atoms with Gasteiger partial charge in [0.25, 0.3) is 0 Å². The molecule has 1 aromatic rings. The third-order valence-electron chi connectivity index (χ3n) is 1.46. The van der Waals surface area contributed by atoms with E-state index in [4.69, 9.17) is 4.74 Å². The molecule has 6 heteroatoms. The molecule has 1 heterocycles. The standard InChI is InChI=1S/C10H14FN3O2/c1-10(2,3)16-9(15)14-6-8-12-4-7(11)5-13-8/h4-5H,6H2,1-3H3,(H,14,15). The molecule has 1 aromatic heterocycles. The monoisotopic (exact) mass is 227 g/mol. The Balaban J connectivity index is 2.40. The van der Waals surface area contributed by atoms with Gasteiger partial charge < -0.3 is 10.1 Å². The van der Waals surface area contributed by atoms with Gasteiger partial charge in [-0.2, -0.15) is 0 Å². The van der Waals surface area contributed by atoms with Gasteiger partial charge in [0.2, 0.25) is 0 Å². The normalized spacial score (nSPS) is 11.0. The second-order valence-corrected chi connectivity index (χ2v) is 4.17. The number of aromatic nitrogens is 2. The third kappa shape index (κ3) is 4.68. The number of nitrogens with zero attached hydrogens (tertiary/aromatic N) is 2. The maximum Gasteiger partial charge on any atom is 0.408 e. The van der Waals surface area contributed by atoms with Crippen LogP contribution in [-0.2, 0) is 11.3 Å². The quantitative estimate of drug-likeness (QED) is 0.834. The van der Waals surface area contributed by atoms with Crippen LogP contribution in [0, 0.1) is 5.82 Å². The zero-order chi connectivity index (χ0) is 12.2. The first-order valence-electron chi connectivity index (χ1n) is 4.80. The minimum Gasteiger partial charge on any atom is -0.444 e. The van der Waals surface area contributed by atoms with E-state index < -0.39 is 17.5 Å². The number of hydrogen-bond donors (Lipinski definition) is 1. The van der Waals surface area contributed by atoms with Crippen LogP contribution in [0.1, 0.15) is 26.6 Å². The van der Waals surface area contributed by atoms with Gasteiger partial charge in [-0.1, -0.05) is 0 Å². The van der Waals surface area contributed by atoms with Gasteiger partial charge in [0.05, 0.1) is 18.9 Å². The SMILES string of the molecule is CC(C)(C)OC(=O)NCc1ncc(F)cn1. The summed E-state index contributed by atoms with van der Waals surface area (Å²) in [5, 5.41) is 2.47. The van der Waals surface area contributed by atoms with Crippen molar-refractivity contribution in [1.29, 1.82) is 0 Å². The first-order valence-corrected chi connectivity index (χ1v) is 4.80. The van der Waals surface area contributed by atoms with Crippen LogP contribution in [-0.4, -0.2) is 21.7 Å². The molecule has 16 heavy (non-hydrogen) atoms. The number of nitrogens with one attached hydrogen (secondary N) is 1. The number of carbonyl (C=O) groups excluding carboxylic acids is 1. The Bertz CT molecular complexity index is 359. The fourth-order valence-corrected chi connectivity index (χ4v) is 0.896. The number of rotatable bonds is 2. The Kier molecular flexibility index (Phi) is 3.76. The smallest absolute Gasteiger partial charge is 0.408 e. The van der Waals surface area contributed by atoms with Crippen LogP contribution in [0.25, 0.3) is 0 Å². The maximum atomic E-state index is 12.5. The van der Waals surface area contributed by atoms with Crippen molar-refractivity contribution >= 4 is 6.09 Å². The van der Waals surface area contributed by atoms with Crippen molar-refractivity contribution in [3.63, 3.8) is 0 Å². The topological polar surface area (TPSA) is 64.1 Å². The van der Waals surface area contributed by atoms with E-state index in [0.29, 0.717) is 5.82 Å². The van der Waals surface area contributed by atoms with Crippen molar-refractivity contribution in [3.05, 3.63) is 24.0 Å². The average molecular weight is 227 g/mol. The van der Waals surface area contributed by atoms with Gasteiger partial charge in [-0.05, 0) is 20.8 Å². The Hall–Kier alpha value is -1.72. The molecule has 0 aliphatic carbocycles. The Morgan fingerprint density at radius 3 is 2.50 bits per heavy atom. The predicted molar refractivity (Wildman–Crippen MR) is 55.1 cm³/mol. The molecule has 0 atom stereocenters. The average Bonchev–Trinajstić information content (AvgIpc) is 2.14. The molecule has 0 aromatic carbocycles. The zero-order valence-corrected chi connectivity index (χ0v) is 9.45. The van der Waals surface area contributed by atoms with Gasteiger partial charge in [0.1, 0.15) is 11.4 Å². The Morgan fingerprint density at radius 1 is 1.44 bits per heavy atom. The lowest BCUT2D eigenvalue weighted by atomic mass is 10.2. The summed E-state index contributed by atoms with van der Waals surface area (Å²) in [6.07, 6.45) is 1.53. The minimum absolute atomic E-state index is 0.106. The minimum atomic E-state index is -0.555. The second-order valence-electron chi connectivity index (χ2n) is 4.17. The molecule has 0 radical (unpaired) electrons. The van der Waals surface area contributed by atoms with E-state index in [2.05, 4.69) is 15.3 Å². The summed E-state index contributed by atoms with van der Waals surface area (Å²) in [5.74, 6) is -0.187. The van der Waals surface area contributed by atoms with Gasteiger partial charge in [-0.15, -0.1) is 0 Å². The third-order valence-corrected chi connectivity index (χ3v) is 1.46. The van der Waals surface area contributed by atoms with E-state index in [1.165, 1.54) is 0 Å². The van der Waals surface area contributed by atoms with E-state index >= 15 is 0 Å². The molecule has 0 spiro atoms. The van der Waals surface area contributed by atoms with Crippen LogP contribution < -0.4 is 5.32 Å². The summed E-state index contributed by atoms with van der Waals surface area (Å²) in [6.45, 7) is 5.40. The molecular formula is C10H14FN3O2. The molecule has 0 unspecified atom stereocenters. The molecule has 5 nitrogen and oxygen atoms in total. The molecule has 1 rings (SSSR count). The summed E-state index contributed by atoms with van der Waals surface area (Å²) >= 11 is 0. The molecule has 0 bridgehead atoms. The highest BCUT2D eigenvalue weighted by atomic mass is 19.1. The Labute approximate surface area is 93.1 Å². The number of carbonyl (C=O) groups is 1. The largest absolute Gasteiger partial charge is 0.444 e. The number of ether oxygens (including phenoxy) is 1. The van der Waals surface area contributed by atoms with Crippen molar-refractivity contribution in [2.75, 3.05) is 0 Å². The van der Waals surface area contributed by atoms with Gasteiger partial charge in [-0.3, -0.25) is 0 Å². The predicted octanol–water partition coefficient (Wildman–Crippen LogP) is 1.64. The van der Waals surface area contributed by atoms with E-state index in [0.717, 1.165) is 12.4 Å². The number of hydrogen-bond acceptors (Lipinski definition) is 4. The van der Waals surface area contributed by atoms with Gasteiger partial charge in [0, 0.05) is 0 Å². The van der Waals surface area contributed by atoms with Gasteiger partial charge in [-0.25, -0.2) is 19.2 Å². The molecule has 0 saturated carbocycles. The highest BCUT2D eigenvalue weighted by Crippen LogP contribution is 2.06. The first-order chi connectivity index (χ1) is 7.37.